The van der Waals surface area contributed by atoms with Crippen LogP contribution in [0.4, 0.5) is 4.39 Å². The van der Waals surface area contributed by atoms with Gasteiger partial charge in [0.25, 0.3) is 0 Å². The summed E-state index contributed by atoms with van der Waals surface area (Å²) in [7, 11) is 0. The van der Waals surface area contributed by atoms with Gasteiger partial charge in [0.1, 0.15) is 6.67 Å². The van der Waals surface area contributed by atoms with Crippen LogP contribution >= 0.6 is 0 Å². The van der Waals surface area contributed by atoms with Crippen LogP contribution in [0.1, 0.15) is 31.2 Å². The van der Waals surface area contributed by atoms with Gasteiger partial charge >= 0.3 is 0 Å². The van der Waals surface area contributed by atoms with Gasteiger partial charge in [-0.2, -0.15) is 0 Å². The standard InChI is InChI=1S/C17H25FN2/c18-10-11-20-13-16(12-15-6-2-1-3-7-15)19-14-17(20)8-4-5-9-17/h1-3,6-7,16,19H,4-5,8-14H2. The topological polar surface area (TPSA) is 15.3 Å². The Morgan fingerprint density at radius 1 is 1.20 bits per heavy atom. The predicted octanol–water partition coefficient (Wildman–Crippen LogP) is 2.79. The second-order valence-corrected chi connectivity index (χ2v) is 6.33. The normalized spacial score (nSPS) is 26.1. The van der Waals surface area contributed by atoms with Gasteiger partial charge in [0.05, 0.1) is 0 Å². The van der Waals surface area contributed by atoms with Gasteiger partial charge in [-0.3, -0.25) is 4.90 Å². The Bertz CT molecular complexity index is 414. The molecule has 2 nitrogen and oxygen atoms in total. The van der Waals surface area contributed by atoms with Crippen molar-refractivity contribution < 1.29 is 4.39 Å². The van der Waals surface area contributed by atoms with E-state index in [1.54, 1.807) is 0 Å². The minimum atomic E-state index is -0.222. The van der Waals surface area contributed by atoms with E-state index in [0.29, 0.717) is 12.6 Å². The monoisotopic (exact) mass is 276 g/mol. The molecule has 1 N–H and O–H groups in total. The lowest BCUT2D eigenvalue weighted by Gasteiger charge is -2.48. The molecule has 1 aliphatic carbocycles. The van der Waals surface area contributed by atoms with Crippen LogP contribution in [-0.4, -0.2) is 42.8 Å². The van der Waals surface area contributed by atoms with Crippen molar-refractivity contribution in [3.8, 4) is 0 Å². The summed E-state index contributed by atoms with van der Waals surface area (Å²) in [5.74, 6) is 0. The van der Waals surface area contributed by atoms with Crippen LogP contribution in [0.5, 0.6) is 0 Å². The number of alkyl halides is 1. The summed E-state index contributed by atoms with van der Waals surface area (Å²) in [6.07, 6.45) is 6.11. The Balaban J connectivity index is 1.65. The maximum Gasteiger partial charge on any atom is 0.102 e. The van der Waals surface area contributed by atoms with Crippen LogP contribution in [0.3, 0.4) is 0 Å². The smallest absolute Gasteiger partial charge is 0.102 e. The molecule has 0 radical (unpaired) electrons. The molecule has 3 heteroatoms. The number of benzene rings is 1. The maximum atomic E-state index is 12.9. The third-order valence-corrected chi connectivity index (χ3v) is 5.05. The Labute approximate surface area is 121 Å². The van der Waals surface area contributed by atoms with Crippen molar-refractivity contribution in [3.63, 3.8) is 0 Å². The van der Waals surface area contributed by atoms with Crippen LogP contribution in [0.2, 0.25) is 0 Å². The molecule has 2 fully saturated rings. The highest BCUT2D eigenvalue weighted by Gasteiger charge is 2.42. The van der Waals surface area contributed by atoms with E-state index in [-0.39, 0.29) is 12.2 Å². The van der Waals surface area contributed by atoms with Gasteiger partial charge in [-0.05, 0) is 24.8 Å². The van der Waals surface area contributed by atoms with Crippen molar-refractivity contribution in [1.82, 2.24) is 10.2 Å². The van der Waals surface area contributed by atoms with E-state index in [9.17, 15) is 4.39 Å². The van der Waals surface area contributed by atoms with E-state index >= 15 is 0 Å². The van der Waals surface area contributed by atoms with E-state index in [1.807, 2.05) is 0 Å². The van der Waals surface area contributed by atoms with Crippen molar-refractivity contribution >= 4 is 0 Å². The number of halogens is 1. The highest BCUT2D eigenvalue weighted by molar-refractivity contribution is 5.17. The zero-order chi connectivity index (χ0) is 13.8. The first-order valence-electron chi connectivity index (χ1n) is 7.91. The summed E-state index contributed by atoms with van der Waals surface area (Å²) < 4.78 is 12.9. The lowest BCUT2D eigenvalue weighted by atomic mass is 9.89. The SMILES string of the molecule is FCCN1CC(Cc2ccccc2)NCC12CCCC2. The quantitative estimate of drug-likeness (QED) is 0.909. The third-order valence-electron chi connectivity index (χ3n) is 5.05. The van der Waals surface area contributed by atoms with Crippen LogP contribution in [-0.2, 0) is 6.42 Å². The number of nitrogens with one attached hydrogen (secondary N) is 1. The molecule has 1 unspecified atom stereocenters. The molecule has 3 rings (SSSR count). The fourth-order valence-electron chi connectivity index (χ4n) is 3.96. The second-order valence-electron chi connectivity index (χ2n) is 6.33. The highest BCUT2D eigenvalue weighted by atomic mass is 19.1. The fraction of sp³-hybridized carbons (Fsp3) is 0.647. The number of rotatable bonds is 4. The van der Waals surface area contributed by atoms with Crippen molar-refractivity contribution in [1.29, 1.82) is 0 Å². The molecule has 1 aromatic carbocycles. The first kappa shape index (κ1) is 14.0. The van der Waals surface area contributed by atoms with Gasteiger partial charge in [-0.15, -0.1) is 0 Å². The molecule has 1 saturated heterocycles. The van der Waals surface area contributed by atoms with E-state index in [1.165, 1.54) is 31.2 Å². The highest BCUT2D eigenvalue weighted by Crippen LogP contribution is 2.36. The summed E-state index contributed by atoms with van der Waals surface area (Å²) in [6.45, 7) is 2.40. The molecule has 0 amide bonds. The van der Waals surface area contributed by atoms with Crippen LogP contribution < -0.4 is 5.32 Å². The van der Waals surface area contributed by atoms with Gasteiger partial charge < -0.3 is 5.32 Å². The van der Waals surface area contributed by atoms with E-state index < -0.39 is 0 Å². The maximum absolute atomic E-state index is 12.9. The predicted molar refractivity (Wildman–Crippen MR) is 80.7 cm³/mol. The molecular formula is C17H25FN2. The average molecular weight is 276 g/mol. The van der Waals surface area contributed by atoms with Crippen molar-refractivity contribution in [2.75, 3.05) is 26.3 Å². The van der Waals surface area contributed by atoms with Gasteiger partial charge in [-0.25, -0.2) is 4.39 Å². The zero-order valence-electron chi connectivity index (χ0n) is 12.2. The van der Waals surface area contributed by atoms with Crippen molar-refractivity contribution in [2.24, 2.45) is 0 Å². The first-order valence-corrected chi connectivity index (χ1v) is 7.91. The zero-order valence-corrected chi connectivity index (χ0v) is 12.2. The van der Waals surface area contributed by atoms with Crippen LogP contribution in [0.15, 0.2) is 30.3 Å². The van der Waals surface area contributed by atoms with E-state index in [0.717, 1.165) is 19.5 Å². The average Bonchev–Trinajstić information content (AvgIpc) is 2.94. The summed E-state index contributed by atoms with van der Waals surface area (Å²) in [4.78, 5) is 2.43. The summed E-state index contributed by atoms with van der Waals surface area (Å²) in [5, 5.41) is 3.72. The summed E-state index contributed by atoms with van der Waals surface area (Å²) >= 11 is 0. The minimum absolute atomic E-state index is 0.222. The number of piperazine rings is 1. The van der Waals surface area contributed by atoms with Crippen molar-refractivity contribution in [2.45, 2.75) is 43.7 Å². The second kappa shape index (κ2) is 6.23. The Hall–Kier alpha value is -0.930. The van der Waals surface area contributed by atoms with Crippen molar-refractivity contribution in [3.05, 3.63) is 35.9 Å². The minimum Gasteiger partial charge on any atom is -0.311 e. The molecule has 1 spiro atoms. The van der Waals surface area contributed by atoms with E-state index in [4.69, 9.17) is 0 Å². The van der Waals surface area contributed by atoms with Gasteiger partial charge in [0.15, 0.2) is 0 Å². The molecule has 2 aliphatic rings. The molecule has 1 aromatic rings. The van der Waals surface area contributed by atoms with Gasteiger partial charge in [0.2, 0.25) is 0 Å². The lowest BCUT2D eigenvalue weighted by molar-refractivity contribution is 0.0380. The Morgan fingerprint density at radius 3 is 2.65 bits per heavy atom. The largest absolute Gasteiger partial charge is 0.311 e. The Kier molecular flexibility index (Phi) is 4.37. The van der Waals surface area contributed by atoms with E-state index in [2.05, 4.69) is 40.5 Å². The third kappa shape index (κ3) is 2.89. The lowest BCUT2D eigenvalue weighted by Crippen LogP contribution is -2.64. The number of hydrogen-bond donors (Lipinski definition) is 1. The van der Waals surface area contributed by atoms with Crippen LogP contribution in [0.25, 0.3) is 0 Å². The first-order chi connectivity index (χ1) is 9.82. The molecule has 1 aliphatic heterocycles. The fourth-order valence-corrected chi connectivity index (χ4v) is 3.96. The van der Waals surface area contributed by atoms with Crippen LogP contribution in [0, 0.1) is 0 Å². The summed E-state index contributed by atoms with van der Waals surface area (Å²) in [6, 6.07) is 11.1. The number of hydrogen-bond acceptors (Lipinski definition) is 2. The molecule has 1 heterocycles. The number of nitrogens with zero attached hydrogens (tertiary/aromatic N) is 1. The molecule has 1 atom stereocenters. The molecule has 0 aromatic heterocycles. The molecule has 0 bridgehead atoms. The van der Waals surface area contributed by atoms with Gasteiger partial charge in [0, 0.05) is 31.2 Å². The summed E-state index contributed by atoms with van der Waals surface area (Å²) in [5.41, 5.74) is 1.62. The molecule has 1 saturated carbocycles. The Morgan fingerprint density at radius 2 is 1.95 bits per heavy atom. The van der Waals surface area contributed by atoms with Gasteiger partial charge in [-0.1, -0.05) is 43.2 Å². The molecule has 110 valence electrons. The molecule has 20 heavy (non-hydrogen) atoms. The molecular weight excluding hydrogens is 251 g/mol.